The van der Waals surface area contributed by atoms with Gasteiger partial charge in [0.15, 0.2) is 10.3 Å². The van der Waals surface area contributed by atoms with Gasteiger partial charge >= 0.3 is 0 Å². The average Bonchev–Trinajstić information content (AvgIpc) is 3.31. The molecule has 4 rings (SSSR count). The van der Waals surface area contributed by atoms with Crippen LogP contribution in [0.4, 0.5) is 5.13 Å². The highest BCUT2D eigenvalue weighted by molar-refractivity contribution is 7.99. The van der Waals surface area contributed by atoms with Gasteiger partial charge in [-0.05, 0) is 36.4 Å². The zero-order valence-corrected chi connectivity index (χ0v) is 17.0. The number of aromatic nitrogens is 4. The molecule has 1 N–H and O–H groups in total. The average molecular weight is 432 g/mol. The number of hydrogen-bond donors (Lipinski definition) is 1. The van der Waals surface area contributed by atoms with Gasteiger partial charge in [-0.3, -0.25) is 9.36 Å². The van der Waals surface area contributed by atoms with Crippen LogP contribution in [-0.4, -0.2) is 38.5 Å². The van der Waals surface area contributed by atoms with Crippen LogP contribution in [0.3, 0.4) is 0 Å². The molecule has 0 aliphatic rings. The van der Waals surface area contributed by atoms with Crippen LogP contribution < -0.4 is 10.1 Å². The third kappa shape index (κ3) is 4.11. The van der Waals surface area contributed by atoms with Crippen molar-refractivity contribution >= 4 is 56.0 Å². The number of methoxy groups -OCH3 is 1. The lowest BCUT2D eigenvalue weighted by Gasteiger charge is -2.06. The van der Waals surface area contributed by atoms with E-state index in [2.05, 4.69) is 20.5 Å². The highest BCUT2D eigenvalue weighted by Gasteiger charge is 2.13. The molecule has 0 radical (unpaired) electrons. The van der Waals surface area contributed by atoms with Crippen molar-refractivity contribution in [1.82, 2.24) is 19.7 Å². The topological polar surface area (TPSA) is 81.9 Å². The molecule has 0 saturated carbocycles. The van der Waals surface area contributed by atoms with E-state index in [4.69, 9.17) is 16.3 Å². The standard InChI is InChI=1S/C18H14ClN5O2S2/c1-26-13-5-6-14-15(8-13)28-17(21-14)22-16(25)9-27-18-23-20-10-24(18)12-4-2-3-11(19)7-12/h2-8,10H,9H2,1H3,(H,21,22,25). The van der Waals surface area contributed by atoms with Crippen LogP contribution in [-0.2, 0) is 4.79 Å². The second-order valence-corrected chi connectivity index (χ2v) is 8.06. The molecule has 142 valence electrons. The van der Waals surface area contributed by atoms with Gasteiger partial charge in [-0.15, -0.1) is 10.2 Å². The third-order valence-corrected chi connectivity index (χ3v) is 5.89. The fourth-order valence-corrected chi connectivity index (χ4v) is 4.32. The van der Waals surface area contributed by atoms with Gasteiger partial charge < -0.3 is 10.1 Å². The zero-order valence-electron chi connectivity index (χ0n) is 14.6. The number of anilines is 1. The Morgan fingerprint density at radius 2 is 2.21 bits per heavy atom. The lowest BCUT2D eigenvalue weighted by atomic mass is 10.3. The van der Waals surface area contributed by atoms with Crippen molar-refractivity contribution in [3.63, 3.8) is 0 Å². The summed E-state index contributed by atoms with van der Waals surface area (Å²) in [5.74, 6) is 0.764. The number of halogens is 1. The molecular formula is C18H14ClN5O2S2. The van der Waals surface area contributed by atoms with Crippen molar-refractivity contribution in [1.29, 1.82) is 0 Å². The summed E-state index contributed by atoms with van der Waals surface area (Å²) in [4.78, 5) is 16.8. The second kappa shape index (κ2) is 8.17. The Bertz CT molecular complexity index is 1140. The van der Waals surface area contributed by atoms with Gasteiger partial charge in [0.1, 0.15) is 12.1 Å². The van der Waals surface area contributed by atoms with E-state index in [0.717, 1.165) is 21.7 Å². The summed E-state index contributed by atoms with van der Waals surface area (Å²) in [6.07, 6.45) is 1.59. The number of ether oxygens (including phenoxy) is 1. The minimum absolute atomic E-state index is 0.170. The van der Waals surface area contributed by atoms with Crippen molar-refractivity contribution in [3.8, 4) is 11.4 Å². The SMILES string of the molecule is COc1ccc2nc(NC(=O)CSc3nncn3-c3cccc(Cl)c3)sc2c1. The number of benzene rings is 2. The first kappa shape index (κ1) is 18.7. The molecule has 0 spiro atoms. The maximum Gasteiger partial charge on any atom is 0.236 e. The highest BCUT2D eigenvalue weighted by atomic mass is 35.5. The minimum atomic E-state index is -0.170. The molecule has 0 fully saturated rings. The molecule has 2 aromatic carbocycles. The van der Waals surface area contributed by atoms with Crippen LogP contribution in [0.2, 0.25) is 5.02 Å². The number of nitrogens with one attached hydrogen (secondary N) is 1. The van der Waals surface area contributed by atoms with Crippen LogP contribution >= 0.6 is 34.7 Å². The summed E-state index contributed by atoms with van der Waals surface area (Å²) in [6.45, 7) is 0. The van der Waals surface area contributed by atoms with Crippen molar-refractivity contribution in [2.24, 2.45) is 0 Å². The highest BCUT2D eigenvalue weighted by Crippen LogP contribution is 2.29. The summed E-state index contributed by atoms with van der Waals surface area (Å²) in [5.41, 5.74) is 1.65. The van der Waals surface area contributed by atoms with E-state index in [0.29, 0.717) is 15.3 Å². The van der Waals surface area contributed by atoms with E-state index >= 15 is 0 Å². The first-order valence-electron chi connectivity index (χ1n) is 8.15. The second-order valence-electron chi connectivity index (χ2n) is 5.65. The Hall–Kier alpha value is -2.62. The maximum atomic E-state index is 12.3. The number of thiazole rings is 1. The van der Waals surface area contributed by atoms with Crippen molar-refractivity contribution in [2.45, 2.75) is 5.16 Å². The van der Waals surface area contributed by atoms with Gasteiger partial charge in [-0.25, -0.2) is 4.98 Å². The Morgan fingerprint density at radius 1 is 1.32 bits per heavy atom. The van der Waals surface area contributed by atoms with Gasteiger partial charge in [0.05, 0.1) is 28.8 Å². The van der Waals surface area contributed by atoms with Crippen molar-refractivity contribution in [2.75, 3.05) is 18.2 Å². The van der Waals surface area contributed by atoms with Crippen LogP contribution in [0.25, 0.3) is 15.9 Å². The predicted molar refractivity (Wildman–Crippen MR) is 112 cm³/mol. The summed E-state index contributed by atoms with van der Waals surface area (Å²) in [5, 5.41) is 12.6. The van der Waals surface area contributed by atoms with E-state index < -0.39 is 0 Å². The fourth-order valence-electron chi connectivity index (χ4n) is 2.50. The monoisotopic (exact) mass is 431 g/mol. The van der Waals surface area contributed by atoms with Crippen LogP contribution in [0, 0.1) is 0 Å². The van der Waals surface area contributed by atoms with Crippen LogP contribution in [0.5, 0.6) is 5.75 Å². The number of hydrogen-bond acceptors (Lipinski definition) is 7. The van der Waals surface area contributed by atoms with Gasteiger partial charge in [0.2, 0.25) is 5.91 Å². The molecule has 10 heteroatoms. The lowest BCUT2D eigenvalue weighted by molar-refractivity contribution is -0.113. The zero-order chi connectivity index (χ0) is 19.5. The Labute approximate surface area is 173 Å². The Balaban J connectivity index is 1.42. The van der Waals surface area contributed by atoms with Gasteiger partial charge in [-0.1, -0.05) is 40.8 Å². The number of nitrogens with zero attached hydrogens (tertiary/aromatic N) is 4. The normalized spacial score (nSPS) is 10.9. The molecule has 1 amide bonds. The maximum absolute atomic E-state index is 12.3. The van der Waals surface area contributed by atoms with E-state index in [-0.39, 0.29) is 11.7 Å². The summed E-state index contributed by atoms with van der Waals surface area (Å²) in [6, 6.07) is 12.9. The fraction of sp³-hybridized carbons (Fsp3) is 0.111. The molecule has 0 atom stereocenters. The van der Waals surface area contributed by atoms with E-state index in [1.165, 1.54) is 23.1 Å². The van der Waals surface area contributed by atoms with Crippen molar-refractivity contribution < 1.29 is 9.53 Å². The molecule has 4 aromatic rings. The number of carbonyl (C=O) groups excluding carboxylic acids is 1. The summed E-state index contributed by atoms with van der Waals surface area (Å²) in [7, 11) is 1.62. The summed E-state index contributed by atoms with van der Waals surface area (Å²) >= 11 is 8.73. The Morgan fingerprint density at radius 3 is 3.04 bits per heavy atom. The number of carbonyl (C=O) groups is 1. The van der Waals surface area contributed by atoms with E-state index in [9.17, 15) is 4.79 Å². The van der Waals surface area contributed by atoms with Gasteiger partial charge in [0.25, 0.3) is 0 Å². The third-order valence-electron chi connectivity index (χ3n) is 3.78. The molecule has 0 aliphatic carbocycles. The molecule has 0 unspecified atom stereocenters. The number of fused-ring (bicyclic) bond motifs is 1. The predicted octanol–water partition coefficient (Wildman–Crippen LogP) is 4.27. The summed E-state index contributed by atoms with van der Waals surface area (Å²) < 4.78 is 7.95. The molecule has 7 nitrogen and oxygen atoms in total. The van der Waals surface area contributed by atoms with Gasteiger partial charge in [-0.2, -0.15) is 0 Å². The first-order chi connectivity index (χ1) is 13.6. The number of thioether (sulfide) groups is 1. The Kier molecular flexibility index (Phi) is 5.47. The van der Waals surface area contributed by atoms with Crippen LogP contribution in [0.15, 0.2) is 53.9 Å². The molecule has 28 heavy (non-hydrogen) atoms. The number of amides is 1. The van der Waals surface area contributed by atoms with Gasteiger partial charge in [0, 0.05) is 5.02 Å². The van der Waals surface area contributed by atoms with Crippen molar-refractivity contribution in [3.05, 3.63) is 53.8 Å². The molecular weight excluding hydrogens is 418 g/mol. The first-order valence-corrected chi connectivity index (χ1v) is 10.3. The molecule has 0 bridgehead atoms. The smallest absolute Gasteiger partial charge is 0.236 e. The molecule has 0 aliphatic heterocycles. The molecule has 2 aromatic heterocycles. The lowest BCUT2D eigenvalue weighted by Crippen LogP contribution is -2.14. The molecule has 0 saturated heterocycles. The largest absolute Gasteiger partial charge is 0.497 e. The quantitative estimate of drug-likeness (QED) is 0.459. The number of rotatable bonds is 6. The molecule has 2 heterocycles. The van der Waals surface area contributed by atoms with E-state index in [1.807, 2.05) is 36.4 Å². The van der Waals surface area contributed by atoms with E-state index in [1.54, 1.807) is 24.1 Å². The minimum Gasteiger partial charge on any atom is -0.497 e. The van der Waals surface area contributed by atoms with Crippen LogP contribution in [0.1, 0.15) is 0 Å².